The van der Waals surface area contributed by atoms with Crippen molar-refractivity contribution in [3.8, 4) is 5.75 Å². The van der Waals surface area contributed by atoms with E-state index in [0.29, 0.717) is 35.2 Å². The fourth-order valence-corrected chi connectivity index (χ4v) is 3.16. The number of ether oxygens (including phenoxy) is 1. The predicted octanol–water partition coefficient (Wildman–Crippen LogP) is 5.28. The summed E-state index contributed by atoms with van der Waals surface area (Å²) in [5.41, 5.74) is 2.50. The molecule has 2 amide bonds. The van der Waals surface area contributed by atoms with Gasteiger partial charge in [-0.1, -0.05) is 48.0 Å². The van der Waals surface area contributed by atoms with E-state index >= 15 is 0 Å². The molecule has 0 saturated heterocycles. The Balaban J connectivity index is 0.00000107. The third-order valence-electron chi connectivity index (χ3n) is 4.35. The number of rotatable bonds is 6. The Morgan fingerprint density at radius 3 is 2.52 bits per heavy atom. The van der Waals surface area contributed by atoms with Crippen molar-refractivity contribution in [2.24, 2.45) is 5.34 Å². The largest absolute Gasteiger partial charge is 0.495 e. The minimum atomic E-state index is -0.279. The van der Waals surface area contributed by atoms with Gasteiger partial charge in [-0.3, -0.25) is 0 Å². The topological polar surface area (TPSA) is 104 Å². The predicted molar refractivity (Wildman–Crippen MR) is 120 cm³/mol. The maximum Gasteiger partial charge on any atom is 0.327 e. The molecule has 0 saturated carbocycles. The first-order chi connectivity index (χ1) is 15.0. The zero-order valence-corrected chi connectivity index (χ0v) is 17.9. The van der Waals surface area contributed by atoms with Gasteiger partial charge in [0.05, 0.1) is 12.8 Å². The molecule has 0 aliphatic heterocycles. The summed E-state index contributed by atoms with van der Waals surface area (Å²) >= 11 is 6.20. The van der Waals surface area contributed by atoms with Crippen LogP contribution in [-0.4, -0.2) is 29.9 Å². The molecule has 0 aliphatic carbocycles. The van der Waals surface area contributed by atoms with Gasteiger partial charge in [-0.05, 0) is 48.7 Å². The monoisotopic (exact) mass is 442 g/mol. The minimum absolute atomic E-state index is 0.279. The van der Waals surface area contributed by atoms with E-state index in [1.165, 1.54) is 5.34 Å². The van der Waals surface area contributed by atoms with Crippen LogP contribution < -0.4 is 15.0 Å². The molecule has 0 bridgehead atoms. The summed E-state index contributed by atoms with van der Waals surface area (Å²) in [6.07, 6.45) is 2.30. The van der Waals surface area contributed by atoms with Crippen molar-refractivity contribution < 1.29 is 14.7 Å². The highest BCUT2D eigenvalue weighted by Gasteiger charge is 2.23. The van der Waals surface area contributed by atoms with Crippen LogP contribution in [0.4, 0.5) is 16.3 Å². The van der Waals surface area contributed by atoms with E-state index in [1.54, 1.807) is 18.2 Å². The summed E-state index contributed by atoms with van der Waals surface area (Å²) in [5, 5.41) is 11.5. The number of methoxy groups -OCH3 is 1. The van der Waals surface area contributed by atoms with Crippen LogP contribution in [0.3, 0.4) is 0 Å². The highest BCUT2D eigenvalue weighted by atomic mass is 35.5. The number of aromatic nitrogens is 1. The Morgan fingerprint density at radius 1 is 1.16 bits per heavy atom. The maximum atomic E-state index is 13.1. The number of pyridine rings is 1. The van der Waals surface area contributed by atoms with E-state index in [2.05, 4.69) is 10.3 Å². The lowest BCUT2D eigenvalue weighted by Crippen LogP contribution is -2.38. The van der Waals surface area contributed by atoms with Crippen molar-refractivity contribution in [2.75, 3.05) is 18.6 Å². The molecule has 2 N–H and O–H groups in total. The summed E-state index contributed by atoms with van der Waals surface area (Å²) in [7, 11) is 1.58. The summed E-state index contributed by atoms with van der Waals surface area (Å²) in [4.78, 5) is 27.2. The average molecular weight is 443 g/mol. The molecule has 1 heterocycles. The van der Waals surface area contributed by atoms with Crippen LogP contribution >= 0.6 is 11.6 Å². The van der Waals surface area contributed by atoms with Gasteiger partial charge in [0.2, 0.25) is 0 Å². The number of aryl methyl sites for hydroxylation is 1. The number of halogens is 1. The van der Waals surface area contributed by atoms with E-state index in [0.717, 1.165) is 11.1 Å². The van der Waals surface area contributed by atoms with Gasteiger partial charge in [-0.15, -0.1) is 4.91 Å². The third-order valence-corrected chi connectivity index (χ3v) is 4.72. The minimum Gasteiger partial charge on any atom is -0.495 e. The summed E-state index contributed by atoms with van der Waals surface area (Å²) in [6.45, 7) is 2.36. The second kappa shape index (κ2) is 12.1. The number of hydrogen-bond acceptors (Lipinski definition) is 5. The Hall–Kier alpha value is -3.65. The summed E-state index contributed by atoms with van der Waals surface area (Å²) in [6, 6.07) is 18.5. The quantitative estimate of drug-likeness (QED) is 0.399. The van der Waals surface area contributed by atoms with Crippen LogP contribution in [-0.2, 0) is 6.42 Å². The van der Waals surface area contributed by atoms with Gasteiger partial charge in [-0.25, -0.2) is 14.7 Å². The van der Waals surface area contributed by atoms with Crippen molar-refractivity contribution in [1.29, 1.82) is 0 Å². The van der Waals surface area contributed by atoms with Gasteiger partial charge in [0, 0.05) is 17.8 Å². The molecule has 3 rings (SSSR count). The van der Waals surface area contributed by atoms with Gasteiger partial charge >= 0.3 is 6.03 Å². The van der Waals surface area contributed by atoms with Crippen molar-refractivity contribution in [3.05, 3.63) is 87.9 Å². The Labute approximate surface area is 185 Å². The highest BCUT2D eigenvalue weighted by Crippen LogP contribution is 2.34. The third kappa shape index (κ3) is 6.42. The highest BCUT2D eigenvalue weighted by molar-refractivity contribution is 6.31. The molecule has 0 spiro atoms. The first-order valence-corrected chi connectivity index (χ1v) is 9.74. The molecule has 0 fully saturated rings. The molecule has 8 nitrogen and oxygen atoms in total. The second-order valence-corrected chi connectivity index (χ2v) is 6.71. The first kappa shape index (κ1) is 23.6. The van der Waals surface area contributed by atoms with Crippen LogP contribution in [0, 0.1) is 11.8 Å². The first-order valence-electron chi connectivity index (χ1n) is 9.36. The molecule has 3 aromatic rings. The Bertz CT molecular complexity index is 1020. The van der Waals surface area contributed by atoms with Crippen LogP contribution in [0.15, 0.2) is 72.2 Å². The lowest BCUT2D eigenvalue weighted by Gasteiger charge is -2.25. The normalized spacial score (nSPS) is 9.77. The molecule has 162 valence electrons. The second-order valence-electron chi connectivity index (χ2n) is 6.31. The number of nitrogens with zero attached hydrogens (tertiary/aromatic N) is 3. The smallest absolute Gasteiger partial charge is 0.327 e. The molecule has 1 aromatic heterocycles. The zero-order chi connectivity index (χ0) is 22.6. The van der Waals surface area contributed by atoms with E-state index in [9.17, 15) is 4.79 Å². The number of benzene rings is 2. The van der Waals surface area contributed by atoms with Crippen LogP contribution in [0.2, 0.25) is 5.02 Å². The average Bonchev–Trinajstić information content (AvgIpc) is 2.77. The SMILES string of the molecule is COc1ccccc1N(C(=O)NCCc1ccccc1Cl)c1ncccc1C.O=NO. The molecule has 2 aromatic carbocycles. The van der Waals surface area contributed by atoms with E-state index in [4.69, 9.17) is 26.5 Å². The molecular formula is C22H23ClN4O4. The number of para-hydroxylation sites is 2. The lowest BCUT2D eigenvalue weighted by atomic mass is 10.1. The standard InChI is InChI=1S/C22H22ClN3O2.HNO2/c1-16-8-7-14-24-21(16)26(19-11-5-6-12-20(19)28-2)22(27)25-15-13-17-9-3-4-10-18(17)23;2-1-3/h3-12,14H,13,15H2,1-2H3,(H,25,27);(H,2,3). The molecule has 9 heteroatoms. The number of hydrogen-bond donors (Lipinski definition) is 2. The zero-order valence-electron chi connectivity index (χ0n) is 17.2. The fourth-order valence-electron chi connectivity index (χ4n) is 2.93. The number of nitrogens with one attached hydrogen (secondary N) is 1. The molecular weight excluding hydrogens is 420 g/mol. The molecule has 0 atom stereocenters. The lowest BCUT2D eigenvalue weighted by molar-refractivity contribution is 0.248. The van der Waals surface area contributed by atoms with E-state index in [1.807, 2.05) is 67.6 Å². The van der Waals surface area contributed by atoms with Crippen LogP contribution in [0.25, 0.3) is 0 Å². The summed E-state index contributed by atoms with van der Waals surface area (Å²) < 4.78 is 5.46. The molecule has 0 unspecified atom stereocenters. The molecule has 0 aliphatic rings. The summed E-state index contributed by atoms with van der Waals surface area (Å²) in [5.74, 6) is 1.15. The number of carbonyl (C=O) groups excluding carboxylic acids is 1. The van der Waals surface area contributed by atoms with Crippen molar-refractivity contribution in [1.82, 2.24) is 10.3 Å². The van der Waals surface area contributed by atoms with Gasteiger partial charge < -0.3 is 15.3 Å². The van der Waals surface area contributed by atoms with Crippen molar-refractivity contribution in [2.45, 2.75) is 13.3 Å². The van der Waals surface area contributed by atoms with Gasteiger partial charge in [0.25, 0.3) is 0 Å². The number of amides is 2. The van der Waals surface area contributed by atoms with Crippen LogP contribution in [0.5, 0.6) is 5.75 Å². The Kier molecular flexibility index (Phi) is 9.25. The Morgan fingerprint density at radius 2 is 1.84 bits per heavy atom. The molecule has 0 radical (unpaired) electrons. The number of carbonyl (C=O) groups is 1. The van der Waals surface area contributed by atoms with Gasteiger partial charge in [0.15, 0.2) is 5.34 Å². The van der Waals surface area contributed by atoms with Gasteiger partial charge in [0.1, 0.15) is 11.6 Å². The maximum absolute atomic E-state index is 13.1. The van der Waals surface area contributed by atoms with Crippen LogP contribution in [0.1, 0.15) is 11.1 Å². The van der Waals surface area contributed by atoms with E-state index < -0.39 is 0 Å². The number of anilines is 2. The molecule has 31 heavy (non-hydrogen) atoms. The fraction of sp³-hybridized carbons (Fsp3) is 0.182. The van der Waals surface area contributed by atoms with Crippen molar-refractivity contribution in [3.63, 3.8) is 0 Å². The van der Waals surface area contributed by atoms with Crippen molar-refractivity contribution >= 4 is 29.1 Å². The van der Waals surface area contributed by atoms with E-state index in [-0.39, 0.29) is 6.03 Å². The van der Waals surface area contributed by atoms with Gasteiger partial charge in [-0.2, -0.15) is 0 Å². The number of urea groups is 1.